The van der Waals surface area contributed by atoms with Crippen molar-refractivity contribution in [3.8, 4) is 44.8 Å². The molecule has 2 unspecified atom stereocenters. The van der Waals surface area contributed by atoms with Crippen molar-refractivity contribution in [1.29, 1.82) is 0 Å². The van der Waals surface area contributed by atoms with Gasteiger partial charge in [-0.1, -0.05) is 94.4 Å². The van der Waals surface area contributed by atoms with Gasteiger partial charge in [-0.15, -0.1) is 0 Å². The number of nitrogens with zero attached hydrogens (tertiary/aromatic N) is 1. The zero-order chi connectivity index (χ0) is 27.2. The van der Waals surface area contributed by atoms with Crippen LogP contribution in [0.25, 0.3) is 44.8 Å². The summed E-state index contributed by atoms with van der Waals surface area (Å²) >= 11 is 0. The predicted molar refractivity (Wildman–Crippen MR) is 167 cm³/mol. The van der Waals surface area contributed by atoms with Crippen LogP contribution in [-0.4, -0.2) is 4.98 Å². The second-order valence-corrected chi connectivity index (χ2v) is 12.9. The van der Waals surface area contributed by atoms with Crippen molar-refractivity contribution >= 4 is 0 Å². The van der Waals surface area contributed by atoms with Gasteiger partial charge in [0.1, 0.15) is 0 Å². The highest BCUT2D eigenvalue weighted by Gasteiger charge is 2.43. The van der Waals surface area contributed by atoms with E-state index in [-0.39, 0.29) is 5.41 Å². The summed E-state index contributed by atoms with van der Waals surface area (Å²) in [5.74, 6) is 1.81. The lowest BCUT2D eigenvalue weighted by atomic mass is 9.60. The molecular weight excluding hydrogens is 482 g/mol. The Morgan fingerprint density at radius 1 is 0.600 bits per heavy atom. The minimum absolute atomic E-state index is 0.0101. The van der Waals surface area contributed by atoms with Gasteiger partial charge >= 0.3 is 0 Å². The van der Waals surface area contributed by atoms with Crippen molar-refractivity contribution < 1.29 is 0 Å². The minimum Gasteiger partial charge on any atom is -0.248 e. The number of hydrogen-bond donors (Lipinski definition) is 0. The van der Waals surface area contributed by atoms with Crippen molar-refractivity contribution in [2.45, 2.75) is 63.7 Å². The van der Waals surface area contributed by atoms with Crippen LogP contribution in [0.4, 0.5) is 0 Å². The third kappa shape index (κ3) is 3.37. The third-order valence-corrected chi connectivity index (χ3v) is 10.1. The lowest BCUT2D eigenvalue weighted by Crippen LogP contribution is -2.27. The summed E-state index contributed by atoms with van der Waals surface area (Å²) in [4.78, 5) is 5.15. The second-order valence-electron chi connectivity index (χ2n) is 12.9. The molecule has 8 rings (SSSR count). The van der Waals surface area contributed by atoms with Gasteiger partial charge in [0.2, 0.25) is 0 Å². The maximum absolute atomic E-state index is 5.15. The van der Waals surface area contributed by atoms with E-state index in [1.165, 1.54) is 68.5 Å². The van der Waals surface area contributed by atoms with E-state index in [2.05, 4.69) is 125 Å². The third-order valence-electron chi connectivity index (χ3n) is 10.1. The molecule has 0 N–H and O–H groups in total. The van der Waals surface area contributed by atoms with Gasteiger partial charge in [-0.05, 0) is 111 Å². The maximum Gasteiger partial charge on any atom is 0.0709 e. The first-order valence-electron chi connectivity index (χ1n) is 14.9. The molecule has 1 nitrogen and oxygen atoms in total. The first-order valence-corrected chi connectivity index (χ1v) is 14.9. The van der Waals surface area contributed by atoms with Crippen LogP contribution in [0, 0.1) is 0 Å². The Hall–Kier alpha value is -3.97. The van der Waals surface area contributed by atoms with Gasteiger partial charge in [0.05, 0.1) is 11.4 Å². The lowest BCUT2D eigenvalue weighted by molar-refractivity contribution is 0.343. The molecule has 0 amide bonds. The van der Waals surface area contributed by atoms with E-state index in [9.17, 15) is 0 Å². The van der Waals surface area contributed by atoms with Crippen molar-refractivity contribution in [3.05, 3.63) is 125 Å². The smallest absolute Gasteiger partial charge is 0.0709 e. The minimum atomic E-state index is 0.0101. The topological polar surface area (TPSA) is 12.9 Å². The van der Waals surface area contributed by atoms with E-state index in [1.807, 2.05) is 0 Å². The Morgan fingerprint density at radius 3 is 2.02 bits per heavy atom. The number of hydrogen-bond acceptors (Lipinski definition) is 1. The van der Waals surface area contributed by atoms with Crippen molar-refractivity contribution in [2.24, 2.45) is 0 Å². The Bertz CT molecular complexity index is 1800. The van der Waals surface area contributed by atoms with Gasteiger partial charge < -0.3 is 0 Å². The number of benzene rings is 4. The molecule has 1 saturated carbocycles. The monoisotopic (exact) mass is 517 g/mol. The number of fused-ring (bicyclic) bond motifs is 9. The van der Waals surface area contributed by atoms with Crippen LogP contribution < -0.4 is 0 Å². The standard InChI is InChI=1S/C39H35N/c1-23(2)24-12-14-25(15-13-24)37-10-7-11-38(40-37)26-16-17-28-27-18-19-29(27)32-21-34-30-8-5-6-9-35(30)39(3,4)36(34)22-33(32)31(28)20-26/h5-17,20-23,27,29H,18-19H2,1-4H3. The van der Waals surface area contributed by atoms with E-state index in [0.717, 1.165) is 11.4 Å². The summed E-state index contributed by atoms with van der Waals surface area (Å²) in [5.41, 5.74) is 17.5. The summed E-state index contributed by atoms with van der Waals surface area (Å²) in [6.45, 7) is 9.25. The van der Waals surface area contributed by atoms with E-state index in [0.29, 0.717) is 17.8 Å². The Balaban J connectivity index is 1.25. The fraction of sp³-hybridized carbons (Fsp3) is 0.256. The maximum atomic E-state index is 5.15. The molecule has 2 atom stereocenters. The SMILES string of the molecule is CC(C)c1ccc(-c2cccc(-c3ccc4c(c3)-c3cc5c(cc3C3CCC43)-c3ccccc3C5(C)C)n2)cc1. The van der Waals surface area contributed by atoms with Crippen molar-refractivity contribution in [3.63, 3.8) is 0 Å². The van der Waals surface area contributed by atoms with E-state index >= 15 is 0 Å². The molecular formula is C39H35N. The molecule has 0 spiro atoms. The molecule has 0 saturated heterocycles. The Labute approximate surface area is 238 Å². The molecule has 1 heterocycles. The molecule has 1 heteroatoms. The molecule has 0 radical (unpaired) electrons. The van der Waals surface area contributed by atoms with Crippen LogP contribution >= 0.6 is 0 Å². The normalized spacial score (nSPS) is 19.2. The molecule has 0 bridgehead atoms. The highest BCUT2D eigenvalue weighted by molar-refractivity contribution is 5.88. The second kappa shape index (κ2) is 8.51. The largest absolute Gasteiger partial charge is 0.248 e. The molecule has 40 heavy (non-hydrogen) atoms. The molecule has 4 aromatic carbocycles. The molecule has 1 aromatic heterocycles. The fourth-order valence-corrected chi connectivity index (χ4v) is 7.62. The van der Waals surface area contributed by atoms with Gasteiger partial charge in [0.25, 0.3) is 0 Å². The first kappa shape index (κ1) is 23.9. The zero-order valence-corrected chi connectivity index (χ0v) is 23.8. The number of aromatic nitrogens is 1. The van der Waals surface area contributed by atoms with Crippen LogP contribution in [0.5, 0.6) is 0 Å². The van der Waals surface area contributed by atoms with Crippen LogP contribution in [0.1, 0.15) is 86.1 Å². The summed E-state index contributed by atoms with van der Waals surface area (Å²) in [6.07, 6.45) is 2.58. The molecule has 3 aliphatic carbocycles. The van der Waals surface area contributed by atoms with E-state index in [4.69, 9.17) is 4.98 Å². The van der Waals surface area contributed by atoms with Crippen molar-refractivity contribution in [1.82, 2.24) is 4.98 Å². The van der Waals surface area contributed by atoms with Gasteiger partial charge in [-0.25, -0.2) is 4.98 Å². The summed E-state index contributed by atoms with van der Waals surface area (Å²) < 4.78 is 0. The average Bonchev–Trinajstić information content (AvgIpc) is 3.18. The van der Waals surface area contributed by atoms with Gasteiger partial charge in [-0.3, -0.25) is 0 Å². The molecule has 1 fully saturated rings. The van der Waals surface area contributed by atoms with Crippen LogP contribution in [0.15, 0.2) is 97.1 Å². The first-order chi connectivity index (χ1) is 19.4. The van der Waals surface area contributed by atoms with Crippen LogP contribution in [-0.2, 0) is 5.41 Å². The highest BCUT2D eigenvalue weighted by atomic mass is 14.7. The van der Waals surface area contributed by atoms with Gasteiger partial charge in [0.15, 0.2) is 0 Å². The molecule has 5 aromatic rings. The molecule has 3 aliphatic rings. The van der Waals surface area contributed by atoms with Gasteiger partial charge in [-0.2, -0.15) is 0 Å². The van der Waals surface area contributed by atoms with Crippen LogP contribution in [0.2, 0.25) is 0 Å². The number of pyridine rings is 1. The summed E-state index contributed by atoms with van der Waals surface area (Å²) in [5, 5.41) is 0. The van der Waals surface area contributed by atoms with Crippen molar-refractivity contribution in [2.75, 3.05) is 0 Å². The van der Waals surface area contributed by atoms with E-state index < -0.39 is 0 Å². The average molecular weight is 518 g/mol. The summed E-state index contributed by atoms with van der Waals surface area (Å²) in [7, 11) is 0. The lowest BCUT2D eigenvalue weighted by Gasteiger charge is -2.44. The number of rotatable bonds is 3. The summed E-state index contributed by atoms with van der Waals surface area (Å²) in [6, 6.07) is 36.6. The predicted octanol–water partition coefficient (Wildman–Crippen LogP) is 10.5. The van der Waals surface area contributed by atoms with Crippen LogP contribution in [0.3, 0.4) is 0 Å². The van der Waals surface area contributed by atoms with E-state index in [1.54, 1.807) is 5.56 Å². The molecule has 0 aliphatic heterocycles. The molecule has 196 valence electrons. The highest BCUT2D eigenvalue weighted by Crippen LogP contribution is 2.60. The quantitative estimate of drug-likeness (QED) is 0.232. The zero-order valence-electron chi connectivity index (χ0n) is 23.8. The Morgan fingerprint density at radius 2 is 1.27 bits per heavy atom. The fourth-order valence-electron chi connectivity index (χ4n) is 7.62. The van der Waals surface area contributed by atoms with Gasteiger partial charge in [0, 0.05) is 16.5 Å². The Kier molecular flexibility index (Phi) is 5.08.